The van der Waals surface area contributed by atoms with Gasteiger partial charge in [0.1, 0.15) is 4.88 Å². The highest BCUT2D eigenvalue weighted by Gasteiger charge is 2.18. The summed E-state index contributed by atoms with van der Waals surface area (Å²) in [6, 6.07) is 6.61. The molecule has 1 amide bonds. The summed E-state index contributed by atoms with van der Waals surface area (Å²) in [6.07, 6.45) is 1.67. The molecule has 0 saturated carbocycles. The lowest BCUT2D eigenvalue weighted by atomic mass is 10.2. The Kier molecular flexibility index (Phi) is 6.07. The molecule has 0 atom stereocenters. The second-order valence-electron chi connectivity index (χ2n) is 5.09. The van der Waals surface area contributed by atoms with Crippen molar-refractivity contribution in [2.75, 3.05) is 11.9 Å². The first-order chi connectivity index (χ1) is 12.3. The minimum absolute atomic E-state index is 0.173. The van der Waals surface area contributed by atoms with Crippen molar-refractivity contribution in [2.45, 2.75) is 13.8 Å². The van der Waals surface area contributed by atoms with Crippen LogP contribution in [0.15, 0.2) is 36.4 Å². The maximum absolute atomic E-state index is 11.9. The Hall–Kier alpha value is -3.20. The number of esters is 1. The third-order valence-electron chi connectivity index (χ3n) is 3.30. The zero-order valence-corrected chi connectivity index (χ0v) is 14.9. The van der Waals surface area contributed by atoms with Crippen LogP contribution in [0.1, 0.15) is 22.3 Å². The van der Waals surface area contributed by atoms with Gasteiger partial charge in [-0.3, -0.25) is 14.8 Å². The van der Waals surface area contributed by atoms with Crippen molar-refractivity contribution in [3.05, 3.63) is 51.8 Å². The van der Waals surface area contributed by atoms with E-state index < -0.39 is 17.8 Å². The van der Waals surface area contributed by atoms with E-state index in [-0.39, 0.29) is 11.4 Å². The van der Waals surface area contributed by atoms with Crippen molar-refractivity contribution >= 4 is 34.9 Å². The summed E-state index contributed by atoms with van der Waals surface area (Å²) in [7, 11) is 0. The first-order valence-corrected chi connectivity index (χ1v) is 8.41. The predicted molar refractivity (Wildman–Crippen MR) is 95.6 cm³/mol. The van der Waals surface area contributed by atoms with Crippen LogP contribution in [0.4, 0.5) is 5.69 Å². The molecule has 0 aliphatic carbocycles. The second kappa shape index (κ2) is 8.26. The molecule has 0 radical (unpaired) electrons. The molecule has 2 rings (SSSR count). The van der Waals surface area contributed by atoms with E-state index in [1.165, 1.54) is 0 Å². The first-order valence-electron chi connectivity index (χ1n) is 7.60. The molecule has 9 heteroatoms. The Bertz CT molecular complexity index is 925. The van der Waals surface area contributed by atoms with Crippen LogP contribution < -0.4 is 10.1 Å². The van der Waals surface area contributed by atoms with Crippen LogP contribution in [0.5, 0.6) is 0 Å². The van der Waals surface area contributed by atoms with Gasteiger partial charge in [-0.1, -0.05) is 11.3 Å². The molecular formula is C17H17N3O5S. The third kappa shape index (κ3) is 4.45. The van der Waals surface area contributed by atoms with E-state index in [1.54, 1.807) is 42.7 Å². The van der Waals surface area contributed by atoms with E-state index in [0.29, 0.717) is 21.9 Å². The largest absolute Gasteiger partial charge is 0.478 e. The highest BCUT2D eigenvalue weighted by atomic mass is 32.1. The Morgan fingerprint density at radius 2 is 1.92 bits per heavy atom. The Morgan fingerprint density at radius 3 is 2.50 bits per heavy atom. The number of ether oxygens (including phenoxy) is 1. The molecule has 1 aromatic heterocycles. The number of benzene rings is 1. The number of nitrogens with zero attached hydrogens (tertiary/aromatic N) is 1. The number of hydrogen-bond acceptors (Lipinski definition) is 6. The lowest BCUT2D eigenvalue weighted by Gasteiger charge is -2.08. The van der Waals surface area contributed by atoms with Gasteiger partial charge in [0.15, 0.2) is 4.80 Å². The number of carbonyl (C=O) groups excluding carboxylic acids is 2. The fraction of sp³-hybridized carbons (Fsp3) is 0.176. The number of aliphatic carboxylic acids is 1. The molecule has 3 N–H and O–H groups in total. The fourth-order valence-corrected chi connectivity index (χ4v) is 3.10. The van der Waals surface area contributed by atoms with Gasteiger partial charge >= 0.3 is 11.9 Å². The second-order valence-corrected chi connectivity index (χ2v) is 6.08. The van der Waals surface area contributed by atoms with E-state index in [4.69, 9.17) is 15.3 Å². The summed E-state index contributed by atoms with van der Waals surface area (Å²) in [6.45, 7) is 3.70. The van der Waals surface area contributed by atoms with Crippen LogP contribution in [-0.4, -0.2) is 34.1 Å². The van der Waals surface area contributed by atoms with Crippen LogP contribution in [0.25, 0.3) is 5.69 Å². The molecule has 0 bridgehead atoms. The lowest BCUT2D eigenvalue weighted by molar-refractivity contribution is -0.131. The Balaban J connectivity index is 2.24. The third-order valence-corrected chi connectivity index (χ3v) is 4.34. The van der Waals surface area contributed by atoms with Crippen LogP contribution in [0.3, 0.4) is 0 Å². The van der Waals surface area contributed by atoms with Gasteiger partial charge < -0.3 is 15.2 Å². The van der Waals surface area contributed by atoms with Gasteiger partial charge in [-0.25, -0.2) is 9.59 Å². The minimum Gasteiger partial charge on any atom is -0.478 e. The monoisotopic (exact) mass is 375 g/mol. The fourth-order valence-electron chi connectivity index (χ4n) is 2.19. The number of nitrogens with one attached hydrogen (secondary N) is 2. The number of hydrogen-bond donors (Lipinski definition) is 3. The smallest absolute Gasteiger partial charge is 0.350 e. The minimum atomic E-state index is -1.21. The number of anilines is 1. The van der Waals surface area contributed by atoms with Gasteiger partial charge in [0.25, 0.3) is 0 Å². The van der Waals surface area contributed by atoms with Gasteiger partial charge in [-0.05, 0) is 38.1 Å². The molecule has 0 aliphatic heterocycles. The molecule has 0 aliphatic rings. The van der Waals surface area contributed by atoms with E-state index in [1.807, 2.05) is 0 Å². The lowest BCUT2D eigenvalue weighted by Crippen LogP contribution is -2.13. The van der Waals surface area contributed by atoms with Crippen molar-refractivity contribution in [3.8, 4) is 5.69 Å². The molecule has 26 heavy (non-hydrogen) atoms. The molecular weight excluding hydrogens is 358 g/mol. The van der Waals surface area contributed by atoms with Crippen molar-refractivity contribution in [1.82, 2.24) is 4.57 Å². The molecule has 8 nitrogen and oxygen atoms in total. The maximum Gasteiger partial charge on any atom is 0.350 e. The van der Waals surface area contributed by atoms with Gasteiger partial charge in [-0.2, -0.15) is 0 Å². The number of carboxylic acids is 1. The van der Waals surface area contributed by atoms with Crippen molar-refractivity contribution in [2.24, 2.45) is 0 Å². The summed E-state index contributed by atoms with van der Waals surface area (Å²) < 4.78 is 6.60. The van der Waals surface area contributed by atoms with Crippen molar-refractivity contribution < 1.29 is 24.2 Å². The molecule has 136 valence electrons. The zero-order valence-electron chi connectivity index (χ0n) is 14.1. The molecule has 0 fully saturated rings. The molecule has 1 heterocycles. The molecule has 1 aromatic carbocycles. The molecule has 0 saturated heterocycles. The molecule has 2 aromatic rings. The summed E-state index contributed by atoms with van der Waals surface area (Å²) in [5, 5.41) is 19.1. The predicted octanol–water partition coefficient (Wildman–Crippen LogP) is 2.08. The van der Waals surface area contributed by atoms with Crippen molar-refractivity contribution in [1.29, 1.82) is 5.41 Å². The average molecular weight is 375 g/mol. The number of carboxylic acid groups (broad SMARTS) is 1. The van der Waals surface area contributed by atoms with Crippen LogP contribution in [0, 0.1) is 12.3 Å². The summed E-state index contributed by atoms with van der Waals surface area (Å²) in [5.74, 6) is -2.23. The molecule has 0 spiro atoms. The SMILES string of the molecule is CCOC(=O)c1sc(=N)n(-c2ccc(NC(=O)C=CC(=O)O)cc2)c1C. The average Bonchev–Trinajstić information content (AvgIpc) is 2.89. The molecule has 0 unspecified atom stereocenters. The van der Waals surface area contributed by atoms with Gasteiger partial charge in [0.05, 0.1) is 6.61 Å². The van der Waals surface area contributed by atoms with E-state index in [9.17, 15) is 14.4 Å². The normalized spacial score (nSPS) is 10.7. The quantitative estimate of drug-likeness (QED) is 0.527. The van der Waals surface area contributed by atoms with Crippen molar-refractivity contribution in [3.63, 3.8) is 0 Å². The number of amides is 1. The van der Waals surface area contributed by atoms with E-state index in [0.717, 1.165) is 23.5 Å². The van der Waals surface area contributed by atoms with E-state index >= 15 is 0 Å². The summed E-state index contributed by atoms with van der Waals surface area (Å²) in [4.78, 5) is 34.5. The maximum atomic E-state index is 11.9. The summed E-state index contributed by atoms with van der Waals surface area (Å²) in [5.41, 5.74) is 1.72. The number of rotatable bonds is 6. The number of thiazole rings is 1. The van der Waals surface area contributed by atoms with Gasteiger partial charge in [-0.15, -0.1) is 0 Å². The van der Waals surface area contributed by atoms with Gasteiger partial charge in [0, 0.05) is 29.2 Å². The van der Waals surface area contributed by atoms with Gasteiger partial charge in [0.2, 0.25) is 5.91 Å². The number of aromatic nitrogens is 1. The number of carbonyl (C=O) groups is 3. The first kappa shape index (κ1) is 19.1. The summed E-state index contributed by atoms with van der Waals surface area (Å²) >= 11 is 1.03. The topological polar surface area (TPSA) is 121 Å². The Morgan fingerprint density at radius 1 is 1.27 bits per heavy atom. The standard InChI is InChI=1S/C17H17N3O5S/c1-3-25-16(24)15-10(2)20(17(18)26-15)12-6-4-11(5-7-12)19-13(21)8-9-14(22)23/h4-9,18H,3H2,1-2H3,(H,19,21)(H,22,23). The van der Waals surface area contributed by atoms with Crippen LogP contribution >= 0.6 is 11.3 Å². The Labute approximate surface area is 152 Å². The van der Waals surface area contributed by atoms with Crippen LogP contribution in [0.2, 0.25) is 0 Å². The highest BCUT2D eigenvalue weighted by molar-refractivity contribution is 7.11. The highest BCUT2D eigenvalue weighted by Crippen LogP contribution is 2.19. The van der Waals surface area contributed by atoms with Crippen LogP contribution in [-0.2, 0) is 14.3 Å². The van der Waals surface area contributed by atoms with E-state index in [2.05, 4.69) is 5.32 Å². The zero-order chi connectivity index (χ0) is 19.3.